The topological polar surface area (TPSA) is 64.3 Å². The van der Waals surface area contributed by atoms with Gasteiger partial charge in [0.1, 0.15) is 5.54 Å². The molecule has 1 heterocycles. The maximum Gasteiger partial charge on any atom is 0.241 e. The highest BCUT2D eigenvalue weighted by atomic mass is 35.5. The number of halogens is 1. The Hall–Kier alpha value is -0.320. The van der Waals surface area contributed by atoms with Crippen molar-refractivity contribution in [2.75, 3.05) is 13.2 Å². The molecule has 5 heteroatoms. The van der Waals surface area contributed by atoms with E-state index in [4.69, 9.17) is 10.5 Å². The molecule has 0 aromatic heterocycles. The quantitative estimate of drug-likeness (QED) is 0.836. The molecule has 0 aromatic carbocycles. The van der Waals surface area contributed by atoms with E-state index in [0.717, 1.165) is 26.0 Å². The van der Waals surface area contributed by atoms with Crippen LogP contribution in [-0.2, 0) is 9.53 Å². The maximum atomic E-state index is 12.8. The molecule has 22 heavy (non-hydrogen) atoms. The summed E-state index contributed by atoms with van der Waals surface area (Å²) in [5.41, 5.74) is 5.58. The van der Waals surface area contributed by atoms with Gasteiger partial charge in [-0.15, -0.1) is 12.4 Å². The third kappa shape index (κ3) is 2.67. The number of fused-ring (bicyclic) bond motifs is 1. The average Bonchev–Trinajstić information content (AvgIpc) is 2.52. The minimum atomic E-state index is -0.757. The summed E-state index contributed by atoms with van der Waals surface area (Å²) < 4.78 is 5.87. The van der Waals surface area contributed by atoms with E-state index in [0.29, 0.717) is 5.92 Å². The van der Waals surface area contributed by atoms with Crippen molar-refractivity contribution in [2.45, 2.75) is 70.4 Å². The molecular formula is C17H31ClN2O2. The molecule has 3 fully saturated rings. The van der Waals surface area contributed by atoms with Crippen LogP contribution in [0, 0.1) is 17.3 Å². The lowest BCUT2D eigenvalue weighted by molar-refractivity contribution is -0.225. The van der Waals surface area contributed by atoms with Crippen molar-refractivity contribution in [1.82, 2.24) is 5.32 Å². The first-order valence-corrected chi connectivity index (χ1v) is 8.66. The first-order chi connectivity index (χ1) is 9.98. The predicted molar refractivity (Wildman–Crippen MR) is 90.0 cm³/mol. The van der Waals surface area contributed by atoms with Crippen LogP contribution in [0.5, 0.6) is 0 Å². The smallest absolute Gasteiger partial charge is 0.241 e. The Balaban J connectivity index is 0.00000176. The van der Waals surface area contributed by atoms with Crippen molar-refractivity contribution in [3.8, 4) is 0 Å². The summed E-state index contributed by atoms with van der Waals surface area (Å²) >= 11 is 0. The molecule has 0 spiro atoms. The Morgan fingerprint density at radius 1 is 1.18 bits per heavy atom. The fourth-order valence-electron chi connectivity index (χ4n) is 4.81. The number of hydrogen-bond donors (Lipinski definition) is 2. The summed E-state index contributed by atoms with van der Waals surface area (Å²) in [6.07, 6.45) is 8.63. The van der Waals surface area contributed by atoms with E-state index in [1.165, 1.54) is 32.1 Å². The van der Waals surface area contributed by atoms with Crippen molar-refractivity contribution >= 4 is 18.3 Å². The minimum absolute atomic E-state index is 0. The number of rotatable bonds is 3. The zero-order valence-corrected chi connectivity index (χ0v) is 14.7. The number of carbonyl (C=O) groups is 1. The first kappa shape index (κ1) is 18.0. The lowest BCUT2D eigenvalue weighted by atomic mass is 9.46. The molecule has 3 rings (SSSR count). The van der Waals surface area contributed by atoms with Crippen LogP contribution in [-0.4, -0.2) is 30.7 Å². The van der Waals surface area contributed by atoms with Crippen molar-refractivity contribution in [1.29, 1.82) is 0 Å². The molecular weight excluding hydrogens is 300 g/mol. The Kier molecular flexibility index (Phi) is 5.46. The van der Waals surface area contributed by atoms with Crippen LogP contribution in [0.1, 0.15) is 58.8 Å². The van der Waals surface area contributed by atoms with Gasteiger partial charge in [0.2, 0.25) is 5.91 Å². The molecule has 3 aliphatic rings. The number of nitrogens with one attached hydrogen (secondary N) is 1. The van der Waals surface area contributed by atoms with E-state index in [9.17, 15) is 4.79 Å². The second kappa shape index (κ2) is 6.66. The molecule has 1 saturated heterocycles. The standard InChI is InChI=1S/C17H30N2O2.ClH/c1-16(2)14-13(9-6-10-21-14)17(16,18)15(20)19-11-12-7-4-3-5-8-12;/h12-14H,3-11,18H2,1-2H3,(H,19,20);1H. The zero-order valence-electron chi connectivity index (χ0n) is 13.9. The van der Waals surface area contributed by atoms with Gasteiger partial charge >= 0.3 is 0 Å². The second-order valence-corrected chi connectivity index (χ2v) is 7.84. The lowest BCUT2D eigenvalue weighted by Gasteiger charge is -2.65. The molecule has 2 aliphatic carbocycles. The van der Waals surface area contributed by atoms with Gasteiger partial charge in [0, 0.05) is 24.5 Å². The molecule has 3 N–H and O–H groups in total. The number of hydrogen-bond acceptors (Lipinski definition) is 3. The van der Waals surface area contributed by atoms with Crippen LogP contribution in [0.15, 0.2) is 0 Å². The van der Waals surface area contributed by atoms with Crippen LogP contribution < -0.4 is 11.1 Å². The summed E-state index contributed by atoms with van der Waals surface area (Å²) in [6, 6.07) is 0. The molecule has 1 aliphatic heterocycles. The Morgan fingerprint density at radius 2 is 1.86 bits per heavy atom. The molecule has 4 nitrogen and oxygen atoms in total. The Labute approximate surface area is 140 Å². The summed E-state index contributed by atoms with van der Waals surface area (Å²) in [5.74, 6) is 0.880. The lowest BCUT2D eigenvalue weighted by Crippen LogP contribution is -2.82. The maximum absolute atomic E-state index is 12.8. The summed E-state index contributed by atoms with van der Waals surface area (Å²) in [6.45, 7) is 5.77. The average molecular weight is 331 g/mol. The Morgan fingerprint density at radius 3 is 2.55 bits per heavy atom. The zero-order chi connectivity index (χ0) is 15.1. The van der Waals surface area contributed by atoms with E-state index in [-0.39, 0.29) is 35.8 Å². The van der Waals surface area contributed by atoms with Crippen molar-refractivity contribution in [2.24, 2.45) is 23.0 Å². The van der Waals surface area contributed by atoms with Gasteiger partial charge in [-0.1, -0.05) is 33.1 Å². The van der Waals surface area contributed by atoms with Gasteiger partial charge in [0.15, 0.2) is 0 Å². The van der Waals surface area contributed by atoms with E-state index in [1.807, 2.05) is 0 Å². The molecule has 128 valence electrons. The summed E-state index contributed by atoms with van der Waals surface area (Å²) in [7, 11) is 0. The highest BCUT2D eigenvalue weighted by Gasteiger charge is 2.70. The molecule has 3 unspecified atom stereocenters. The highest BCUT2D eigenvalue weighted by Crippen LogP contribution is 2.57. The molecule has 2 saturated carbocycles. The van der Waals surface area contributed by atoms with Gasteiger partial charge in [-0.2, -0.15) is 0 Å². The van der Waals surface area contributed by atoms with Crippen molar-refractivity contribution in [3.05, 3.63) is 0 Å². The number of carbonyl (C=O) groups excluding carboxylic acids is 1. The number of ether oxygens (including phenoxy) is 1. The fourth-order valence-corrected chi connectivity index (χ4v) is 4.81. The van der Waals surface area contributed by atoms with Crippen LogP contribution in [0.2, 0.25) is 0 Å². The van der Waals surface area contributed by atoms with Gasteiger partial charge in [0.25, 0.3) is 0 Å². The first-order valence-electron chi connectivity index (χ1n) is 8.66. The summed E-state index contributed by atoms with van der Waals surface area (Å²) in [5, 5.41) is 3.16. The fraction of sp³-hybridized carbons (Fsp3) is 0.941. The van der Waals surface area contributed by atoms with Gasteiger partial charge < -0.3 is 15.8 Å². The van der Waals surface area contributed by atoms with E-state index in [1.54, 1.807) is 0 Å². The highest BCUT2D eigenvalue weighted by molar-refractivity contribution is 5.89. The van der Waals surface area contributed by atoms with Gasteiger partial charge in [-0.3, -0.25) is 4.79 Å². The monoisotopic (exact) mass is 330 g/mol. The van der Waals surface area contributed by atoms with Gasteiger partial charge in [-0.05, 0) is 31.6 Å². The molecule has 0 bridgehead atoms. The van der Waals surface area contributed by atoms with E-state index >= 15 is 0 Å². The minimum Gasteiger partial charge on any atom is -0.377 e. The van der Waals surface area contributed by atoms with Crippen LogP contribution in [0.4, 0.5) is 0 Å². The van der Waals surface area contributed by atoms with Crippen molar-refractivity contribution < 1.29 is 9.53 Å². The molecule has 0 aromatic rings. The van der Waals surface area contributed by atoms with Gasteiger partial charge in [-0.25, -0.2) is 0 Å². The van der Waals surface area contributed by atoms with E-state index < -0.39 is 5.54 Å². The SMILES string of the molecule is CC1(C)C2OCCCC2C1(N)C(=O)NCC1CCCCC1.Cl. The van der Waals surface area contributed by atoms with Crippen LogP contribution in [0.3, 0.4) is 0 Å². The third-order valence-corrected chi connectivity index (χ3v) is 6.34. The largest absolute Gasteiger partial charge is 0.377 e. The molecule has 0 radical (unpaired) electrons. The normalized spacial score (nSPS) is 37.4. The number of nitrogens with two attached hydrogens (primary N) is 1. The third-order valence-electron chi connectivity index (χ3n) is 6.34. The molecule has 3 atom stereocenters. The van der Waals surface area contributed by atoms with Crippen LogP contribution >= 0.6 is 12.4 Å². The van der Waals surface area contributed by atoms with Gasteiger partial charge in [0.05, 0.1) is 6.10 Å². The predicted octanol–water partition coefficient (Wildman–Crippen LogP) is 2.64. The number of amides is 1. The second-order valence-electron chi connectivity index (χ2n) is 7.84. The van der Waals surface area contributed by atoms with Crippen LogP contribution in [0.25, 0.3) is 0 Å². The van der Waals surface area contributed by atoms with E-state index in [2.05, 4.69) is 19.2 Å². The Bertz CT molecular complexity index is 409. The van der Waals surface area contributed by atoms with Crippen molar-refractivity contribution in [3.63, 3.8) is 0 Å². The molecule has 1 amide bonds. The summed E-state index contributed by atoms with van der Waals surface area (Å²) in [4.78, 5) is 12.8.